The first-order valence-electron chi connectivity index (χ1n) is 6.28. The number of nitrogens with zero attached hydrogens (tertiary/aromatic N) is 1. The highest BCUT2D eigenvalue weighted by atomic mass is 16.6. The normalized spacial score (nSPS) is 11.8. The van der Waals surface area contributed by atoms with Gasteiger partial charge in [-0.3, -0.25) is 10.1 Å². The molecule has 114 valence electrons. The Hall–Kier alpha value is -2.64. The van der Waals surface area contributed by atoms with Crippen LogP contribution in [-0.2, 0) is 4.79 Å². The van der Waals surface area contributed by atoms with E-state index in [1.54, 1.807) is 13.8 Å². The molecule has 0 aliphatic rings. The minimum atomic E-state index is -1.14. The van der Waals surface area contributed by atoms with Crippen LogP contribution in [0.4, 0.5) is 16.2 Å². The first-order valence-corrected chi connectivity index (χ1v) is 6.28. The number of anilines is 1. The number of carboxylic acid groups (broad SMARTS) is 1. The lowest BCUT2D eigenvalue weighted by Crippen LogP contribution is -2.46. The summed E-state index contributed by atoms with van der Waals surface area (Å²) in [6, 6.07) is 2.51. The minimum Gasteiger partial charge on any atom is -0.480 e. The van der Waals surface area contributed by atoms with Crippen molar-refractivity contribution in [2.24, 2.45) is 5.92 Å². The summed E-state index contributed by atoms with van der Waals surface area (Å²) in [5.74, 6) is -1.43. The highest BCUT2D eigenvalue weighted by molar-refractivity contribution is 5.93. The number of carboxylic acids is 1. The standard InChI is InChI=1S/C13H17N3O5/c1-7(2)11(12(17)18)15-13(19)14-9-5-4-6-10(8(9)3)16(20)21/h4-7,11H,1-3H3,(H,17,18)(H2,14,15,19)/t11-/m1/s1. The molecule has 8 heteroatoms. The largest absolute Gasteiger partial charge is 0.480 e. The Balaban J connectivity index is 2.87. The molecule has 21 heavy (non-hydrogen) atoms. The maximum atomic E-state index is 11.8. The van der Waals surface area contributed by atoms with E-state index in [0.717, 1.165) is 0 Å². The zero-order valence-electron chi connectivity index (χ0n) is 11.9. The second kappa shape index (κ2) is 6.69. The van der Waals surface area contributed by atoms with Gasteiger partial charge in [0.15, 0.2) is 0 Å². The zero-order valence-corrected chi connectivity index (χ0v) is 11.9. The van der Waals surface area contributed by atoms with Gasteiger partial charge in [-0.2, -0.15) is 0 Å². The molecule has 0 spiro atoms. The van der Waals surface area contributed by atoms with Gasteiger partial charge < -0.3 is 15.7 Å². The first kappa shape index (κ1) is 16.4. The predicted molar refractivity (Wildman–Crippen MR) is 76.2 cm³/mol. The molecule has 3 N–H and O–H groups in total. The molecule has 0 aliphatic heterocycles. The first-order chi connectivity index (χ1) is 9.73. The molecule has 1 aromatic rings. The molecular formula is C13H17N3O5. The highest BCUT2D eigenvalue weighted by Gasteiger charge is 2.24. The van der Waals surface area contributed by atoms with Gasteiger partial charge in [0.1, 0.15) is 6.04 Å². The molecule has 0 aromatic heterocycles. The third-order valence-corrected chi connectivity index (χ3v) is 2.97. The molecule has 2 amide bonds. The van der Waals surface area contributed by atoms with Crippen molar-refractivity contribution in [1.82, 2.24) is 5.32 Å². The molecule has 8 nitrogen and oxygen atoms in total. The number of nitro groups is 1. The molecule has 0 fully saturated rings. The number of carbonyl (C=O) groups is 2. The Morgan fingerprint density at radius 3 is 2.43 bits per heavy atom. The van der Waals surface area contributed by atoms with Crippen LogP contribution < -0.4 is 10.6 Å². The number of hydrogen-bond donors (Lipinski definition) is 3. The number of amides is 2. The van der Waals surface area contributed by atoms with Crippen LogP contribution in [0.25, 0.3) is 0 Å². The van der Waals surface area contributed by atoms with Gasteiger partial charge in [0.05, 0.1) is 16.2 Å². The maximum absolute atomic E-state index is 11.8. The van der Waals surface area contributed by atoms with E-state index in [0.29, 0.717) is 5.56 Å². The van der Waals surface area contributed by atoms with Crippen molar-refractivity contribution in [2.45, 2.75) is 26.8 Å². The van der Waals surface area contributed by atoms with Crippen LogP contribution in [0.2, 0.25) is 0 Å². The molecule has 1 aromatic carbocycles. The van der Waals surface area contributed by atoms with E-state index in [9.17, 15) is 19.7 Å². The molecule has 0 unspecified atom stereocenters. The van der Waals surface area contributed by atoms with Gasteiger partial charge in [0.25, 0.3) is 5.69 Å². The molecule has 0 bridgehead atoms. The second-order valence-electron chi connectivity index (χ2n) is 4.87. The third kappa shape index (κ3) is 4.16. The summed E-state index contributed by atoms with van der Waals surface area (Å²) >= 11 is 0. The van der Waals surface area contributed by atoms with Crippen LogP contribution in [0.5, 0.6) is 0 Å². The lowest BCUT2D eigenvalue weighted by molar-refractivity contribution is -0.385. The van der Waals surface area contributed by atoms with Gasteiger partial charge in [0.2, 0.25) is 0 Å². The van der Waals surface area contributed by atoms with Gasteiger partial charge in [-0.15, -0.1) is 0 Å². The van der Waals surface area contributed by atoms with Crippen molar-refractivity contribution < 1.29 is 19.6 Å². The molecule has 0 heterocycles. The van der Waals surface area contributed by atoms with Crippen LogP contribution in [0.1, 0.15) is 19.4 Å². The monoisotopic (exact) mass is 295 g/mol. The summed E-state index contributed by atoms with van der Waals surface area (Å²) in [6.45, 7) is 4.83. The summed E-state index contributed by atoms with van der Waals surface area (Å²) in [5, 5.41) is 24.6. The average Bonchev–Trinajstić information content (AvgIpc) is 2.37. The Labute approximate surface area is 121 Å². The van der Waals surface area contributed by atoms with Gasteiger partial charge in [0, 0.05) is 6.07 Å². The fourth-order valence-corrected chi connectivity index (χ4v) is 1.77. The predicted octanol–water partition coefficient (Wildman–Crippen LogP) is 2.13. The Morgan fingerprint density at radius 1 is 1.33 bits per heavy atom. The zero-order chi connectivity index (χ0) is 16.2. The van der Waals surface area contributed by atoms with Gasteiger partial charge in [-0.25, -0.2) is 9.59 Å². The van der Waals surface area contributed by atoms with Crippen molar-refractivity contribution in [3.63, 3.8) is 0 Å². The topological polar surface area (TPSA) is 122 Å². The molecule has 0 saturated heterocycles. The van der Waals surface area contributed by atoms with E-state index in [-0.39, 0.29) is 17.3 Å². The Kier molecular flexibility index (Phi) is 5.23. The number of benzene rings is 1. The van der Waals surface area contributed by atoms with Gasteiger partial charge >= 0.3 is 12.0 Å². The summed E-state index contributed by atoms with van der Waals surface area (Å²) in [5.41, 5.74) is 0.440. The number of urea groups is 1. The third-order valence-electron chi connectivity index (χ3n) is 2.97. The van der Waals surface area contributed by atoms with E-state index in [2.05, 4.69) is 10.6 Å². The number of hydrogen-bond acceptors (Lipinski definition) is 4. The molecule has 0 aliphatic carbocycles. The number of carbonyl (C=O) groups excluding carboxylic acids is 1. The lowest BCUT2D eigenvalue weighted by Gasteiger charge is -2.18. The van der Waals surface area contributed by atoms with E-state index in [1.807, 2.05) is 0 Å². The fourth-order valence-electron chi connectivity index (χ4n) is 1.77. The molecule has 1 rings (SSSR count). The number of nitrogens with one attached hydrogen (secondary N) is 2. The molecule has 1 atom stereocenters. The van der Waals surface area contributed by atoms with Crippen LogP contribution in [0, 0.1) is 23.0 Å². The van der Waals surface area contributed by atoms with Crippen LogP contribution in [0.15, 0.2) is 18.2 Å². The van der Waals surface area contributed by atoms with Gasteiger partial charge in [-0.1, -0.05) is 19.9 Å². The van der Waals surface area contributed by atoms with E-state index in [4.69, 9.17) is 5.11 Å². The number of aliphatic carboxylic acids is 1. The van der Waals surface area contributed by atoms with Crippen molar-refractivity contribution in [3.05, 3.63) is 33.9 Å². The maximum Gasteiger partial charge on any atom is 0.326 e. The Morgan fingerprint density at radius 2 is 1.95 bits per heavy atom. The quantitative estimate of drug-likeness (QED) is 0.567. The lowest BCUT2D eigenvalue weighted by atomic mass is 10.1. The fraction of sp³-hybridized carbons (Fsp3) is 0.385. The van der Waals surface area contributed by atoms with E-state index >= 15 is 0 Å². The smallest absolute Gasteiger partial charge is 0.326 e. The molecule has 0 radical (unpaired) electrons. The van der Waals surface area contributed by atoms with Crippen molar-refractivity contribution in [3.8, 4) is 0 Å². The SMILES string of the molecule is Cc1c(NC(=O)N[C@@H](C(=O)O)C(C)C)cccc1[N+](=O)[O-]. The summed E-state index contributed by atoms with van der Waals surface area (Å²) < 4.78 is 0. The van der Waals surface area contributed by atoms with Crippen LogP contribution >= 0.6 is 0 Å². The average molecular weight is 295 g/mol. The van der Waals surface area contributed by atoms with Crippen molar-refractivity contribution in [1.29, 1.82) is 0 Å². The van der Waals surface area contributed by atoms with E-state index in [1.165, 1.54) is 25.1 Å². The molecule has 0 saturated carbocycles. The summed E-state index contributed by atoms with van der Waals surface area (Å²) in [7, 11) is 0. The second-order valence-corrected chi connectivity index (χ2v) is 4.87. The van der Waals surface area contributed by atoms with E-state index < -0.39 is 23.0 Å². The number of nitro benzene ring substituents is 1. The molecular weight excluding hydrogens is 278 g/mol. The van der Waals surface area contributed by atoms with Crippen molar-refractivity contribution >= 4 is 23.4 Å². The number of rotatable bonds is 5. The Bertz CT molecular complexity index is 571. The minimum absolute atomic E-state index is 0.119. The van der Waals surface area contributed by atoms with Crippen LogP contribution in [-0.4, -0.2) is 28.1 Å². The summed E-state index contributed by atoms with van der Waals surface area (Å²) in [6.07, 6.45) is 0. The van der Waals surface area contributed by atoms with Crippen molar-refractivity contribution in [2.75, 3.05) is 5.32 Å². The van der Waals surface area contributed by atoms with Crippen LogP contribution in [0.3, 0.4) is 0 Å². The summed E-state index contributed by atoms with van der Waals surface area (Å²) in [4.78, 5) is 33.1. The van der Waals surface area contributed by atoms with Gasteiger partial charge in [-0.05, 0) is 18.9 Å². The highest BCUT2D eigenvalue weighted by Crippen LogP contribution is 2.24.